The molecule has 2 aliphatic rings. The van der Waals surface area contributed by atoms with E-state index in [1.807, 2.05) is 18.0 Å². The van der Waals surface area contributed by atoms with Gasteiger partial charge in [0.2, 0.25) is 0 Å². The molecule has 1 atom stereocenters. The average Bonchev–Trinajstić information content (AvgIpc) is 3.49. The van der Waals surface area contributed by atoms with Crippen molar-refractivity contribution in [1.29, 1.82) is 0 Å². The molecular formula is C30H40N6O5. The summed E-state index contributed by atoms with van der Waals surface area (Å²) in [6.45, 7) is 3.75. The normalized spacial score (nSPS) is 16.0. The maximum absolute atomic E-state index is 13.1. The molecule has 2 aromatic heterocycles. The van der Waals surface area contributed by atoms with E-state index in [-0.39, 0.29) is 12.5 Å². The second kappa shape index (κ2) is 13.8. The van der Waals surface area contributed by atoms with Gasteiger partial charge in [0.15, 0.2) is 12.2 Å². The number of pyridine rings is 1. The van der Waals surface area contributed by atoms with Gasteiger partial charge in [0.1, 0.15) is 24.0 Å². The maximum atomic E-state index is 13.1. The number of anilines is 2. The summed E-state index contributed by atoms with van der Waals surface area (Å²) in [5, 5.41) is 17.1. The number of aromatic nitrogens is 2. The van der Waals surface area contributed by atoms with E-state index in [4.69, 9.17) is 18.9 Å². The minimum atomic E-state index is -0.691. The fourth-order valence-electron chi connectivity index (χ4n) is 5.00. The Morgan fingerprint density at radius 1 is 1.27 bits per heavy atom. The van der Waals surface area contributed by atoms with Gasteiger partial charge in [-0.05, 0) is 61.1 Å². The molecule has 3 heterocycles. The SMILES string of the molecule is COCCN(C)c1cc(C(=O)NCC(O)CN2CCc3cc(OCc4cnco4)ccc3C2)cc(NC2CCC2)n1. The van der Waals surface area contributed by atoms with Gasteiger partial charge in [-0.3, -0.25) is 9.69 Å². The Bertz CT molecular complexity index is 1280. The average molecular weight is 565 g/mol. The second-order valence-corrected chi connectivity index (χ2v) is 10.8. The molecule has 1 aliphatic carbocycles. The van der Waals surface area contributed by atoms with Crippen LogP contribution in [0.25, 0.3) is 0 Å². The Morgan fingerprint density at radius 3 is 2.90 bits per heavy atom. The van der Waals surface area contributed by atoms with Crippen LogP contribution in [0.15, 0.2) is 47.3 Å². The van der Waals surface area contributed by atoms with Crippen molar-refractivity contribution in [3.63, 3.8) is 0 Å². The van der Waals surface area contributed by atoms with Crippen LogP contribution in [-0.4, -0.2) is 85.0 Å². The number of amides is 1. The summed E-state index contributed by atoms with van der Waals surface area (Å²) in [4.78, 5) is 25.9. The summed E-state index contributed by atoms with van der Waals surface area (Å²) in [5.74, 6) is 2.65. The topological polar surface area (TPSA) is 125 Å². The van der Waals surface area contributed by atoms with Crippen molar-refractivity contribution in [2.75, 3.05) is 57.2 Å². The summed E-state index contributed by atoms with van der Waals surface area (Å²) in [5.41, 5.74) is 2.98. The van der Waals surface area contributed by atoms with E-state index in [1.54, 1.807) is 25.4 Å². The molecule has 1 aliphatic heterocycles. The fourth-order valence-corrected chi connectivity index (χ4v) is 5.00. The minimum Gasteiger partial charge on any atom is -0.486 e. The number of fused-ring (bicyclic) bond motifs is 1. The van der Waals surface area contributed by atoms with Crippen LogP contribution < -0.4 is 20.3 Å². The first-order chi connectivity index (χ1) is 20.0. The largest absolute Gasteiger partial charge is 0.486 e. The number of likely N-dealkylation sites (N-methyl/N-ethyl adjacent to an activating group) is 1. The van der Waals surface area contributed by atoms with E-state index in [2.05, 4.69) is 32.7 Å². The van der Waals surface area contributed by atoms with Gasteiger partial charge in [-0.15, -0.1) is 0 Å². The fraction of sp³-hybridized carbons (Fsp3) is 0.500. The number of oxazole rings is 1. The Hall–Kier alpha value is -3.67. The van der Waals surface area contributed by atoms with Crippen molar-refractivity contribution in [3.8, 4) is 5.75 Å². The zero-order valence-corrected chi connectivity index (χ0v) is 23.8. The number of hydrogen-bond donors (Lipinski definition) is 3. The van der Waals surface area contributed by atoms with Crippen LogP contribution in [-0.2, 0) is 24.3 Å². The molecule has 5 rings (SSSR count). The lowest BCUT2D eigenvalue weighted by molar-refractivity contribution is 0.0841. The van der Waals surface area contributed by atoms with Gasteiger partial charge in [0, 0.05) is 58.5 Å². The Morgan fingerprint density at radius 2 is 2.15 bits per heavy atom. The van der Waals surface area contributed by atoms with Crippen molar-refractivity contribution in [3.05, 3.63) is 65.4 Å². The number of benzene rings is 1. The number of nitrogens with zero attached hydrogens (tertiary/aromatic N) is 4. The Kier molecular flexibility index (Phi) is 9.71. The Balaban J connectivity index is 1.13. The highest BCUT2D eigenvalue weighted by Gasteiger charge is 2.22. The van der Waals surface area contributed by atoms with Crippen LogP contribution in [0, 0.1) is 0 Å². The summed E-state index contributed by atoms with van der Waals surface area (Å²) in [6, 6.07) is 10.1. The number of hydrogen-bond acceptors (Lipinski definition) is 10. The van der Waals surface area contributed by atoms with Crippen LogP contribution in [0.3, 0.4) is 0 Å². The lowest BCUT2D eigenvalue weighted by atomic mass is 9.93. The highest BCUT2D eigenvalue weighted by atomic mass is 16.5. The van der Waals surface area contributed by atoms with Crippen molar-refractivity contribution in [1.82, 2.24) is 20.2 Å². The number of rotatable bonds is 14. The zero-order chi connectivity index (χ0) is 28.6. The number of carbonyl (C=O) groups excluding carboxylic acids is 1. The highest BCUT2D eigenvalue weighted by molar-refractivity contribution is 5.95. The first-order valence-corrected chi connectivity index (χ1v) is 14.3. The molecule has 0 radical (unpaired) electrons. The minimum absolute atomic E-state index is 0.166. The van der Waals surface area contributed by atoms with Gasteiger partial charge in [0.05, 0.1) is 18.9 Å². The van der Waals surface area contributed by atoms with Crippen molar-refractivity contribution in [2.24, 2.45) is 0 Å². The summed E-state index contributed by atoms with van der Waals surface area (Å²) in [7, 11) is 3.60. The molecule has 11 nitrogen and oxygen atoms in total. The van der Waals surface area contributed by atoms with E-state index in [0.717, 1.165) is 38.1 Å². The molecule has 0 saturated heterocycles. The number of β-amino-alcohol motifs (C(OH)–C–C–N with tert-alkyl or cyclic N) is 1. The lowest BCUT2D eigenvalue weighted by Gasteiger charge is -2.30. The van der Waals surface area contributed by atoms with Gasteiger partial charge >= 0.3 is 0 Å². The van der Waals surface area contributed by atoms with Crippen LogP contribution in [0.4, 0.5) is 11.6 Å². The molecule has 1 amide bonds. The molecule has 220 valence electrons. The van der Waals surface area contributed by atoms with Crippen LogP contribution >= 0.6 is 0 Å². The van der Waals surface area contributed by atoms with Crippen LogP contribution in [0.2, 0.25) is 0 Å². The molecule has 0 spiro atoms. The first-order valence-electron chi connectivity index (χ1n) is 14.3. The van der Waals surface area contributed by atoms with Crippen molar-refractivity contribution < 1.29 is 23.8 Å². The first kappa shape index (κ1) is 28.8. The standard InChI is InChI=1S/C30H40N6O5/c1-35(10-11-39-2)29-14-23(13-28(34-29)33-24-4-3-5-24)30(38)32-15-25(37)18-36-9-8-21-12-26(7-6-22(21)17-36)40-19-27-16-31-20-41-27/h6-7,12-14,16,20,24-25,37H,3-5,8-11,15,17-19H2,1-2H3,(H,32,38)(H,33,34). The number of aliphatic hydroxyl groups excluding tert-OH is 1. The molecule has 1 fully saturated rings. The van der Waals surface area contributed by atoms with Gasteiger partial charge in [0.25, 0.3) is 5.91 Å². The number of nitrogens with one attached hydrogen (secondary N) is 2. The molecular weight excluding hydrogens is 524 g/mol. The Labute approximate surface area is 240 Å². The lowest BCUT2D eigenvalue weighted by Crippen LogP contribution is -2.42. The van der Waals surface area contributed by atoms with E-state index in [9.17, 15) is 9.90 Å². The summed E-state index contributed by atoms with van der Waals surface area (Å²) in [6.07, 6.45) is 6.64. The molecule has 1 aromatic carbocycles. The third-order valence-corrected chi connectivity index (χ3v) is 7.65. The van der Waals surface area contributed by atoms with E-state index >= 15 is 0 Å². The quantitative estimate of drug-likeness (QED) is 0.269. The van der Waals surface area contributed by atoms with E-state index in [0.29, 0.717) is 55.3 Å². The maximum Gasteiger partial charge on any atom is 0.251 e. The molecule has 3 N–H and O–H groups in total. The number of ether oxygens (including phenoxy) is 2. The van der Waals surface area contributed by atoms with Gasteiger partial charge < -0.3 is 34.5 Å². The predicted octanol–water partition coefficient (Wildman–Crippen LogP) is 2.84. The molecule has 41 heavy (non-hydrogen) atoms. The molecule has 11 heteroatoms. The van der Waals surface area contributed by atoms with Gasteiger partial charge in [-0.1, -0.05) is 6.07 Å². The number of methoxy groups -OCH3 is 1. The van der Waals surface area contributed by atoms with Crippen molar-refractivity contribution in [2.45, 2.75) is 51.0 Å². The van der Waals surface area contributed by atoms with Crippen LogP contribution in [0.5, 0.6) is 5.75 Å². The number of carbonyl (C=O) groups is 1. The highest BCUT2D eigenvalue weighted by Crippen LogP contribution is 2.26. The summed E-state index contributed by atoms with van der Waals surface area (Å²) >= 11 is 0. The van der Waals surface area contributed by atoms with Gasteiger partial charge in [-0.2, -0.15) is 0 Å². The monoisotopic (exact) mass is 564 g/mol. The molecule has 1 unspecified atom stereocenters. The van der Waals surface area contributed by atoms with E-state index < -0.39 is 6.10 Å². The van der Waals surface area contributed by atoms with E-state index in [1.165, 1.54) is 23.9 Å². The molecule has 0 bridgehead atoms. The van der Waals surface area contributed by atoms with Crippen LogP contribution in [0.1, 0.15) is 46.5 Å². The van der Waals surface area contributed by atoms with Gasteiger partial charge in [-0.25, -0.2) is 9.97 Å². The molecule has 1 saturated carbocycles. The number of aliphatic hydroxyl groups is 1. The third-order valence-electron chi connectivity index (χ3n) is 7.65. The second-order valence-electron chi connectivity index (χ2n) is 10.8. The third kappa shape index (κ3) is 7.96. The smallest absolute Gasteiger partial charge is 0.251 e. The predicted molar refractivity (Wildman–Crippen MR) is 155 cm³/mol. The summed E-state index contributed by atoms with van der Waals surface area (Å²) < 4.78 is 16.3. The molecule has 3 aromatic rings. The van der Waals surface area contributed by atoms with Crippen molar-refractivity contribution >= 4 is 17.5 Å². The zero-order valence-electron chi connectivity index (χ0n) is 23.8.